The van der Waals surface area contributed by atoms with Crippen LogP contribution in [0.15, 0.2) is 0 Å². The first-order valence-electron chi connectivity index (χ1n) is 8.64. The smallest absolute Gasteiger partial charge is 0.223 e. The second kappa shape index (κ2) is 9.68. The van der Waals surface area contributed by atoms with Crippen LogP contribution in [0.3, 0.4) is 0 Å². The van der Waals surface area contributed by atoms with Gasteiger partial charge in [-0.15, -0.1) is 0 Å². The normalized spacial score (nSPS) is 13.4. The van der Waals surface area contributed by atoms with Crippen molar-refractivity contribution in [3.05, 3.63) is 0 Å². The van der Waals surface area contributed by atoms with Crippen molar-refractivity contribution in [1.82, 2.24) is 5.32 Å². The van der Waals surface area contributed by atoms with Crippen LogP contribution in [0.2, 0.25) is 0 Å². The second-order valence-corrected chi connectivity index (χ2v) is 7.90. The summed E-state index contributed by atoms with van der Waals surface area (Å²) in [6, 6.07) is 0. The molecule has 0 aliphatic carbocycles. The third kappa shape index (κ3) is 8.94. The van der Waals surface area contributed by atoms with Crippen molar-refractivity contribution in [2.24, 2.45) is 17.2 Å². The molecule has 7 heteroatoms. The van der Waals surface area contributed by atoms with E-state index in [0.29, 0.717) is 6.61 Å². The number of amides is 1. The van der Waals surface area contributed by atoms with Crippen LogP contribution in [0.25, 0.3) is 0 Å². The van der Waals surface area contributed by atoms with Crippen molar-refractivity contribution in [2.75, 3.05) is 26.2 Å². The van der Waals surface area contributed by atoms with Gasteiger partial charge in [0.05, 0.1) is 35.9 Å². The molecular formula is C17H38N4O3. The van der Waals surface area contributed by atoms with Crippen molar-refractivity contribution < 1.29 is 14.3 Å². The van der Waals surface area contributed by atoms with Crippen molar-refractivity contribution in [2.45, 2.75) is 77.2 Å². The van der Waals surface area contributed by atoms with Gasteiger partial charge in [-0.25, -0.2) is 0 Å². The van der Waals surface area contributed by atoms with E-state index < -0.39 is 11.1 Å². The fourth-order valence-corrected chi connectivity index (χ4v) is 2.45. The van der Waals surface area contributed by atoms with Gasteiger partial charge in [0.1, 0.15) is 0 Å². The molecule has 0 aromatic carbocycles. The molecule has 0 aromatic heterocycles. The van der Waals surface area contributed by atoms with Gasteiger partial charge in [-0.2, -0.15) is 0 Å². The molecule has 0 rings (SSSR count). The van der Waals surface area contributed by atoms with Gasteiger partial charge in [-0.1, -0.05) is 0 Å². The summed E-state index contributed by atoms with van der Waals surface area (Å²) in [6.45, 7) is 13.0. The number of hydrogen-bond donors (Lipinski definition) is 4. The van der Waals surface area contributed by atoms with Gasteiger partial charge in [0.15, 0.2) is 0 Å². The molecule has 0 saturated heterocycles. The van der Waals surface area contributed by atoms with Crippen LogP contribution in [0, 0.1) is 0 Å². The van der Waals surface area contributed by atoms with Crippen LogP contribution in [0.5, 0.6) is 0 Å². The van der Waals surface area contributed by atoms with Crippen LogP contribution in [0.1, 0.15) is 54.4 Å². The fraction of sp³-hybridized carbons (Fsp3) is 0.941. The van der Waals surface area contributed by atoms with Gasteiger partial charge in [0.25, 0.3) is 0 Å². The summed E-state index contributed by atoms with van der Waals surface area (Å²) >= 11 is 0. The van der Waals surface area contributed by atoms with E-state index in [1.807, 2.05) is 41.5 Å². The maximum absolute atomic E-state index is 12.3. The van der Waals surface area contributed by atoms with Crippen molar-refractivity contribution >= 4 is 5.91 Å². The molecule has 0 bridgehead atoms. The standard InChI is InChI=1S/C17H38N4O3/c1-13(2)24-15(3,4)7-8-23-16(5,6)9-14(22)21-17(10-18,11-19)12-20/h13H,7-12,18-20H2,1-6H3,(H,21,22). The Morgan fingerprint density at radius 1 is 1.00 bits per heavy atom. The SMILES string of the molecule is CC(C)OC(C)(C)CCOC(C)(C)CC(=O)NC(CN)(CN)CN. The molecular weight excluding hydrogens is 308 g/mol. The minimum atomic E-state index is -0.750. The summed E-state index contributed by atoms with van der Waals surface area (Å²) in [5.74, 6) is -0.168. The van der Waals surface area contributed by atoms with E-state index in [1.54, 1.807) is 0 Å². The highest BCUT2D eigenvalue weighted by atomic mass is 16.5. The summed E-state index contributed by atoms with van der Waals surface area (Å²) in [6.07, 6.45) is 1.12. The maximum Gasteiger partial charge on any atom is 0.223 e. The zero-order chi connectivity index (χ0) is 19.0. The van der Waals surface area contributed by atoms with Crippen molar-refractivity contribution in [3.63, 3.8) is 0 Å². The third-order valence-corrected chi connectivity index (χ3v) is 3.91. The summed E-state index contributed by atoms with van der Waals surface area (Å²) in [5.41, 5.74) is 15.5. The Morgan fingerprint density at radius 2 is 1.50 bits per heavy atom. The molecule has 0 aliphatic rings. The number of ether oxygens (including phenoxy) is 2. The molecule has 0 unspecified atom stereocenters. The quantitative estimate of drug-likeness (QED) is 0.408. The Hall–Kier alpha value is -0.730. The molecule has 7 N–H and O–H groups in total. The van der Waals surface area contributed by atoms with E-state index in [1.165, 1.54) is 0 Å². The maximum atomic E-state index is 12.3. The average molecular weight is 347 g/mol. The Balaban J connectivity index is 4.46. The van der Waals surface area contributed by atoms with Gasteiger partial charge >= 0.3 is 0 Å². The van der Waals surface area contributed by atoms with Gasteiger partial charge < -0.3 is 32.0 Å². The number of carbonyl (C=O) groups excluding carboxylic acids is 1. The first-order chi connectivity index (χ1) is 10.9. The zero-order valence-electron chi connectivity index (χ0n) is 16.3. The first kappa shape index (κ1) is 23.3. The highest BCUT2D eigenvalue weighted by Gasteiger charge is 2.31. The lowest BCUT2D eigenvalue weighted by Gasteiger charge is -2.33. The number of rotatable bonds is 12. The Morgan fingerprint density at radius 3 is 1.92 bits per heavy atom. The first-order valence-corrected chi connectivity index (χ1v) is 8.64. The molecule has 0 atom stereocenters. The molecule has 0 fully saturated rings. The van der Waals surface area contributed by atoms with E-state index in [9.17, 15) is 4.79 Å². The number of nitrogens with two attached hydrogens (primary N) is 3. The van der Waals surface area contributed by atoms with Crippen LogP contribution >= 0.6 is 0 Å². The van der Waals surface area contributed by atoms with Gasteiger partial charge in [0, 0.05) is 19.6 Å². The molecule has 0 saturated carbocycles. The van der Waals surface area contributed by atoms with Crippen LogP contribution in [-0.4, -0.2) is 55.0 Å². The van der Waals surface area contributed by atoms with Crippen LogP contribution < -0.4 is 22.5 Å². The minimum Gasteiger partial charge on any atom is -0.375 e. The highest BCUT2D eigenvalue weighted by Crippen LogP contribution is 2.21. The van der Waals surface area contributed by atoms with E-state index in [0.717, 1.165) is 6.42 Å². The van der Waals surface area contributed by atoms with Crippen LogP contribution in [0.4, 0.5) is 0 Å². The Labute approximate surface area is 147 Å². The monoisotopic (exact) mass is 346 g/mol. The molecule has 1 amide bonds. The van der Waals surface area contributed by atoms with Gasteiger partial charge in [0.2, 0.25) is 5.91 Å². The van der Waals surface area contributed by atoms with E-state index in [2.05, 4.69) is 5.32 Å². The average Bonchev–Trinajstić information content (AvgIpc) is 2.42. The molecule has 0 aromatic rings. The molecule has 0 radical (unpaired) electrons. The van der Waals surface area contributed by atoms with Gasteiger partial charge in [-0.05, 0) is 48.0 Å². The lowest BCUT2D eigenvalue weighted by atomic mass is 9.98. The van der Waals surface area contributed by atoms with E-state index in [4.69, 9.17) is 26.7 Å². The predicted octanol–water partition coefficient (Wildman–Crippen LogP) is 0.497. The second-order valence-electron chi connectivity index (χ2n) is 7.90. The molecule has 7 nitrogen and oxygen atoms in total. The summed E-state index contributed by atoms with van der Waals surface area (Å²) in [7, 11) is 0. The number of hydrogen-bond acceptors (Lipinski definition) is 6. The summed E-state index contributed by atoms with van der Waals surface area (Å²) in [4.78, 5) is 12.3. The van der Waals surface area contributed by atoms with E-state index in [-0.39, 0.29) is 43.7 Å². The fourth-order valence-electron chi connectivity index (χ4n) is 2.45. The number of carbonyl (C=O) groups is 1. The Bertz CT molecular complexity index is 372. The van der Waals surface area contributed by atoms with Gasteiger partial charge in [-0.3, -0.25) is 4.79 Å². The molecule has 24 heavy (non-hydrogen) atoms. The van der Waals surface area contributed by atoms with Crippen molar-refractivity contribution in [1.29, 1.82) is 0 Å². The predicted molar refractivity (Wildman–Crippen MR) is 97.6 cm³/mol. The third-order valence-electron chi connectivity index (χ3n) is 3.91. The summed E-state index contributed by atoms with van der Waals surface area (Å²) in [5, 5.41) is 2.85. The highest BCUT2D eigenvalue weighted by molar-refractivity contribution is 5.78. The lowest BCUT2D eigenvalue weighted by Crippen LogP contribution is -2.63. The summed E-state index contributed by atoms with van der Waals surface area (Å²) < 4.78 is 11.7. The lowest BCUT2D eigenvalue weighted by molar-refractivity contribution is -0.131. The van der Waals surface area contributed by atoms with Crippen molar-refractivity contribution in [3.8, 4) is 0 Å². The number of nitrogens with one attached hydrogen (secondary N) is 1. The zero-order valence-corrected chi connectivity index (χ0v) is 16.3. The molecule has 0 heterocycles. The van der Waals surface area contributed by atoms with Crippen LogP contribution in [-0.2, 0) is 14.3 Å². The Kier molecular flexibility index (Phi) is 9.38. The topological polar surface area (TPSA) is 126 Å². The molecule has 0 aliphatic heterocycles. The molecule has 144 valence electrons. The molecule has 0 spiro atoms. The van der Waals surface area contributed by atoms with E-state index >= 15 is 0 Å². The largest absolute Gasteiger partial charge is 0.375 e. The minimum absolute atomic E-state index is 0.163.